The van der Waals surface area contributed by atoms with Crippen molar-refractivity contribution in [3.63, 3.8) is 0 Å². The molecule has 4 heterocycles. The van der Waals surface area contributed by atoms with E-state index in [1.165, 1.54) is 5.56 Å². The molecule has 0 saturated carbocycles. The first kappa shape index (κ1) is 19.1. The highest BCUT2D eigenvalue weighted by molar-refractivity contribution is 7.21. The van der Waals surface area contributed by atoms with Gasteiger partial charge in [0.15, 0.2) is 5.82 Å². The van der Waals surface area contributed by atoms with Crippen LogP contribution < -0.4 is 10.6 Å². The maximum atomic E-state index is 4.82. The normalized spacial score (nSPS) is 10.8. The second-order valence-electron chi connectivity index (χ2n) is 6.78. The molecule has 0 aliphatic carbocycles. The lowest BCUT2D eigenvalue weighted by Crippen LogP contribution is -2.15. The van der Waals surface area contributed by atoms with E-state index in [0.29, 0.717) is 18.9 Å². The summed E-state index contributed by atoms with van der Waals surface area (Å²) in [5.74, 6) is 2.21. The van der Waals surface area contributed by atoms with Crippen LogP contribution in [0, 0.1) is 0 Å². The summed E-state index contributed by atoms with van der Waals surface area (Å²) in [7, 11) is 0. The summed E-state index contributed by atoms with van der Waals surface area (Å²) in [5, 5.41) is 7.72. The number of rotatable bonds is 7. The molecule has 31 heavy (non-hydrogen) atoms. The van der Waals surface area contributed by atoms with E-state index in [4.69, 9.17) is 9.97 Å². The quantitative estimate of drug-likeness (QED) is 0.364. The number of nitrogens with zero attached hydrogens (tertiary/aromatic N) is 5. The molecule has 4 aromatic heterocycles. The first-order chi connectivity index (χ1) is 15.4. The number of fused-ring (bicyclic) bond motifs is 1. The minimum absolute atomic E-state index is 0.659. The molecule has 8 heteroatoms. The Morgan fingerprint density at radius 2 is 1.61 bits per heavy atom. The molecule has 7 nitrogen and oxygen atoms in total. The van der Waals surface area contributed by atoms with Gasteiger partial charge in [0, 0.05) is 48.3 Å². The number of nitrogens with one attached hydrogen (secondary N) is 2. The fourth-order valence-corrected chi connectivity index (χ4v) is 4.22. The Kier molecular flexibility index (Phi) is 5.44. The summed E-state index contributed by atoms with van der Waals surface area (Å²) < 4.78 is 0. The summed E-state index contributed by atoms with van der Waals surface area (Å²) in [6, 6.07) is 16.3. The minimum atomic E-state index is 0.659. The third-order valence-corrected chi connectivity index (χ3v) is 5.74. The molecule has 0 unspecified atom stereocenters. The highest BCUT2D eigenvalue weighted by atomic mass is 32.1. The number of thiophene rings is 1. The van der Waals surface area contributed by atoms with Crippen LogP contribution in [-0.4, -0.2) is 38.0 Å². The molecule has 0 bridgehead atoms. The van der Waals surface area contributed by atoms with Crippen molar-refractivity contribution in [3.05, 3.63) is 79.5 Å². The molecule has 0 atom stereocenters. The fourth-order valence-electron chi connectivity index (χ4n) is 3.19. The van der Waals surface area contributed by atoms with Crippen molar-refractivity contribution < 1.29 is 0 Å². The van der Waals surface area contributed by atoms with Gasteiger partial charge in [-0.3, -0.25) is 9.97 Å². The number of benzene rings is 1. The Hall–Kier alpha value is -3.91. The highest BCUT2D eigenvalue weighted by Crippen LogP contribution is 2.36. The predicted octanol–water partition coefficient (Wildman–Crippen LogP) is 4.73. The molecule has 0 aliphatic rings. The van der Waals surface area contributed by atoms with Gasteiger partial charge in [-0.1, -0.05) is 30.3 Å². The van der Waals surface area contributed by atoms with Crippen molar-refractivity contribution >= 4 is 33.2 Å². The van der Waals surface area contributed by atoms with Crippen LogP contribution in [0.3, 0.4) is 0 Å². The highest BCUT2D eigenvalue weighted by Gasteiger charge is 2.14. The lowest BCUT2D eigenvalue weighted by molar-refractivity contribution is 1.04. The van der Waals surface area contributed by atoms with Crippen LogP contribution in [0.5, 0.6) is 0 Å². The van der Waals surface area contributed by atoms with E-state index in [9.17, 15) is 0 Å². The van der Waals surface area contributed by atoms with Crippen molar-refractivity contribution in [2.75, 3.05) is 23.7 Å². The number of pyridine rings is 1. The summed E-state index contributed by atoms with van der Waals surface area (Å²) >= 11 is 1.66. The van der Waals surface area contributed by atoms with Crippen molar-refractivity contribution in [2.24, 2.45) is 0 Å². The van der Waals surface area contributed by atoms with Gasteiger partial charge < -0.3 is 10.6 Å². The number of hydrogen-bond donors (Lipinski definition) is 2. The SMILES string of the molecule is c1ccc(-c2cc3c(NCCNc4cnccn4)nc(-c4cccnc4)nc3s2)cc1. The average molecular weight is 426 g/mol. The van der Waals surface area contributed by atoms with Crippen molar-refractivity contribution in [2.45, 2.75) is 0 Å². The molecule has 5 aromatic rings. The fraction of sp³-hybridized carbons (Fsp3) is 0.0870. The zero-order chi connectivity index (χ0) is 20.9. The molecule has 0 fully saturated rings. The second-order valence-corrected chi connectivity index (χ2v) is 7.81. The molecular formula is C23H19N7S. The van der Waals surface area contributed by atoms with Gasteiger partial charge in [-0.2, -0.15) is 0 Å². The van der Waals surface area contributed by atoms with Crippen LogP contribution in [0.25, 0.3) is 32.0 Å². The largest absolute Gasteiger partial charge is 0.368 e. The molecule has 2 N–H and O–H groups in total. The summed E-state index contributed by atoms with van der Waals surface area (Å²) in [6.07, 6.45) is 8.56. The monoisotopic (exact) mass is 425 g/mol. The summed E-state index contributed by atoms with van der Waals surface area (Å²) in [6.45, 7) is 1.35. The van der Waals surface area contributed by atoms with Gasteiger partial charge in [-0.25, -0.2) is 15.0 Å². The van der Waals surface area contributed by atoms with E-state index in [2.05, 4.69) is 43.8 Å². The Balaban J connectivity index is 1.46. The summed E-state index contributed by atoms with van der Waals surface area (Å²) in [5.41, 5.74) is 2.06. The van der Waals surface area contributed by atoms with Crippen LogP contribution >= 0.6 is 11.3 Å². The van der Waals surface area contributed by atoms with Gasteiger partial charge in [0.2, 0.25) is 0 Å². The maximum Gasteiger partial charge on any atom is 0.164 e. The van der Waals surface area contributed by atoms with Crippen LogP contribution in [0.2, 0.25) is 0 Å². The van der Waals surface area contributed by atoms with E-state index in [1.807, 2.05) is 30.3 Å². The molecule has 1 aromatic carbocycles. The molecule has 0 aliphatic heterocycles. The molecule has 0 amide bonds. The van der Waals surface area contributed by atoms with Gasteiger partial charge in [0.1, 0.15) is 16.5 Å². The lowest BCUT2D eigenvalue weighted by atomic mass is 10.2. The molecule has 0 saturated heterocycles. The maximum absolute atomic E-state index is 4.82. The van der Waals surface area contributed by atoms with Crippen LogP contribution in [0.4, 0.5) is 11.6 Å². The Bertz CT molecular complexity index is 1280. The molecule has 5 rings (SSSR count). The Labute approximate surface area is 183 Å². The van der Waals surface area contributed by atoms with Crippen molar-refractivity contribution in [1.82, 2.24) is 24.9 Å². The minimum Gasteiger partial charge on any atom is -0.368 e. The zero-order valence-electron chi connectivity index (χ0n) is 16.6. The molecular weight excluding hydrogens is 406 g/mol. The molecule has 0 radical (unpaired) electrons. The van der Waals surface area contributed by atoms with E-state index in [-0.39, 0.29) is 0 Å². The van der Waals surface area contributed by atoms with E-state index < -0.39 is 0 Å². The van der Waals surface area contributed by atoms with Crippen molar-refractivity contribution in [1.29, 1.82) is 0 Å². The van der Waals surface area contributed by atoms with E-state index in [0.717, 1.165) is 32.3 Å². The van der Waals surface area contributed by atoms with Gasteiger partial charge >= 0.3 is 0 Å². The third-order valence-electron chi connectivity index (χ3n) is 4.66. The van der Waals surface area contributed by atoms with Gasteiger partial charge in [0.25, 0.3) is 0 Å². The second kappa shape index (κ2) is 8.85. The Morgan fingerprint density at radius 1 is 0.774 bits per heavy atom. The predicted molar refractivity (Wildman–Crippen MR) is 125 cm³/mol. The topological polar surface area (TPSA) is 88.5 Å². The third kappa shape index (κ3) is 4.34. The van der Waals surface area contributed by atoms with E-state index in [1.54, 1.807) is 42.3 Å². The van der Waals surface area contributed by atoms with Gasteiger partial charge in [-0.15, -0.1) is 11.3 Å². The standard InChI is InChI=1S/C23H19N7S/c1-2-5-16(6-3-1)19-13-18-22(28-12-11-27-20-15-25-9-10-26-20)29-21(30-23(18)31-19)17-7-4-8-24-14-17/h1-10,13-15H,11-12H2,(H,26,27)(H,28,29,30). The van der Waals surface area contributed by atoms with Gasteiger partial charge in [0.05, 0.1) is 11.6 Å². The van der Waals surface area contributed by atoms with Crippen LogP contribution in [-0.2, 0) is 0 Å². The number of anilines is 2. The first-order valence-corrected chi connectivity index (χ1v) is 10.7. The Morgan fingerprint density at radius 3 is 2.42 bits per heavy atom. The average Bonchev–Trinajstić information content (AvgIpc) is 3.28. The molecule has 152 valence electrons. The van der Waals surface area contributed by atoms with Crippen molar-refractivity contribution in [3.8, 4) is 21.8 Å². The van der Waals surface area contributed by atoms with Crippen LogP contribution in [0.1, 0.15) is 0 Å². The number of aromatic nitrogens is 5. The zero-order valence-corrected chi connectivity index (χ0v) is 17.4. The lowest BCUT2D eigenvalue weighted by Gasteiger charge is -2.10. The smallest absolute Gasteiger partial charge is 0.164 e. The first-order valence-electron chi connectivity index (χ1n) is 9.88. The van der Waals surface area contributed by atoms with Gasteiger partial charge in [-0.05, 0) is 23.8 Å². The number of hydrogen-bond acceptors (Lipinski definition) is 8. The summed E-state index contributed by atoms with van der Waals surface area (Å²) in [4.78, 5) is 24.2. The van der Waals surface area contributed by atoms with Crippen LogP contribution in [0.15, 0.2) is 79.5 Å². The molecule has 0 spiro atoms. The van der Waals surface area contributed by atoms with E-state index >= 15 is 0 Å².